The summed E-state index contributed by atoms with van der Waals surface area (Å²) in [5.74, 6) is 1.01. The zero-order valence-corrected chi connectivity index (χ0v) is 14.2. The number of hydrogen-bond donors (Lipinski definition) is 1. The molecular weight excluding hydrogens is 326 g/mol. The summed E-state index contributed by atoms with van der Waals surface area (Å²) in [5.41, 5.74) is 2.37. The van der Waals surface area contributed by atoms with Crippen molar-refractivity contribution in [3.63, 3.8) is 0 Å². The molecule has 1 aliphatic carbocycles. The zero-order valence-electron chi connectivity index (χ0n) is 12.6. The molecule has 4 heteroatoms. The van der Waals surface area contributed by atoms with Gasteiger partial charge < -0.3 is 9.88 Å². The molecule has 0 aliphatic heterocycles. The monoisotopic (exact) mass is 347 g/mol. The Hall–Kier alpha value is -1.29. The lowest BCUT2D eigenvalue weighted by Gasteiger charge is -2.19. The predicted octanol–water partition coefficient (Wildman–Crippen LogP) is 5.24. The Bertz CT molecular complexity index is 597. The molecule has 1 aliphatic rings. The van der Waals surface area contributed by atoms with Gasteiger partial charge in [0.15, 0.2) is 0 Å². The molecule has 2 aromatic rings. The van der Waals surface area contributed by atoms with Crippen molar-refractivity contribution in [2.24, 2.45) is 0 Å². The molecule has 0 saturated heterocycles. The van der Waals surface area contributed by atoms with E-state index in [0.29, 0.717) is 6.04 Å². The molecule has 1 aromatic heterocycles. The molecule has 1 unspecified atom stereocenters. The van der Waals surface area contributed by atoms with Crippen molar-refractivity contribution in [3.8, 4) is 0 Å². The molecule has 0 amide bonds. The Morgan fingerprint density at radius 3 is 2.57 bits per heavy atom. The van der Waals surface area contributed by atoms with Crippen LogP contribution in [0.4, 0.5) is 5.95 Å². The molecule has 3 nitrogen and oxygen atoms in total. The lowest BCUT2D eigenvalue weighted by Crippen LogP contribution is -2.14. The number of nitrogens with zero attached hydrogens (tertiary/aromatic N) is 2. The lowest BCUT2D eigenvalue weighted by atomic mass is 10.1. The molecule has 1 atom stereocenters. The second kappa shape index (κ2) is 6.22. The highest BCUT2D eigenvalue weighted by atomic mass is 79.9. The fourth-order valence-electron chi connectivity index (χ4n) is 3.11. The summed E-state index contributed by atoms with van der Waals surface area (Å²) in [6.07, 6.45) is 7.41. The highest BCUT2D eigenvalue weighted by molar-refractivity contribution is 9.10. The summed E-state index contributed by atoms with van der Waals surface area (Å²) in [6.45, 7) is 4.26. The first-order valence-corrected chi connectivity index (χ1v) is 8.50. The SMILES string of the molecule is Cc1cn(C2CCCC2)c(NC(C)c2ccc(Br)cc2)n1. The van der Waals surface area contributed by atoms with E-state index in [1.54, 1.807) is 0 Å². The summed E-state index contributed by atoms with van der Waals surface area (Å²) in [7, 11) is 0. The molecule has 1 saturated carbocycles. The third kappa shape index (κ3) is 3.31. The molecule has 112 valence electrons. The Kier molecular flexibility index (Phi) is 4.34. The number of aromatic nitrogens is 2. The quantitative estimate of drug-likeness (QED) is 0.819. The van der Waals surface area contributed by atoms with Gasteiger partial charge in [0, 0.05) is 16.7 Å². The molecule has 1 aromatic carbocycles. The summed E-state index contributed by atoms with van der Waals surface area (Å²) in [4.78, 5) is 4.68. The van der Waals surface area contributed by atoms with Crippen LogP contribution in [0.15, 0.2) is 34.9 Å². The Balaban J connectivity index is 1.79. The van der Waals surface area contributed by atoms with Crippen LogP contribution in [0.3, 0.4) is 0 Å². The summed E-state index contributed by atoms with van der Waals surface area (Å²) in [6, 6.07) is 9.34. The van der Waals surface area contributed by atoms with E-state index in [-0.39, 0.29) is 6.04 Å². The van der Waals surface area contributed by atoms with Gasteiger partial charge in [-0.25, -0.2) is 4.98 Å². The summed E-state index contributed by atoms with van der Waals surface area (Å²) >= 11 is 3.48. The van der Waals surface area contributed by atoms with Gasteiger partial charge in [-0.05, 0) is 44.4 Å². The second-order valence-corrected chi connectivity index (χ2v) is 6.88. The number of hydrogen-bond acceptors (Lipinski definition) is 2. The Labute approximate surface area is 134 Å². The van der Waals surface area contributed by atoms with Crippen LogP contribution >= 0.6 is 15.9 Å². The van der Waals surface area contributed by atoms with E-state index in [1.165, 1.54) is 31.2 Å². The minimum absolute atomic E-state index is 0.250. The minimum atomic E-state index is 0.250. The minimum Gasteiger partial charge on any atom is -0.349 e. The number of aryl methyl sites for hydroxylation is 1. The fraction of sp³-hybridized carbons (Fsp3) is 0.471. The molecule has 0 spiro atoms. The van der Waals surface area contributed by atoms with E-state index in [9.17, 15) is 0 Å². The van der Waals surface area contributed by atoms with E-state index in [2.05, 4.69) is 75.1 Å². The topological polar surface area (TPSA) is 29.9 Å². The van der Waals surface area contributed by atoms with Gasteiger partial charge in [0.1, 0.15) is 0 Å². The predicted molar refractivity (Wildman–Crippen MR) is 90.6 cm³/mol. The first-order chi connectivity index (χ1) is 10.1. The lowest BCUT2D eigenvalue weighted by molar-refractivity contribution is 0.520. The summed E-state index contributed by atoms with van der Waals surface area (Å²) in [5, 5.41) is 3.58. The van der Waals surface area contributed by atoms with Gasteiger partial charge in [0.05, 0.1) is 11.7 Å². The summed E-state index contributed by atoms with van der Waals surface area (Å²) < 4.78 is 3.46. The van der Waals surface area contributed by atoms with Gasteiger partial charge in [-0.3, -0.25) is 0 Å². The van der Waals surface area contributed by atoms with Crippen molar-refractivity contribution in [3.05, 3.63) is 46.2 Å². The van der Waals surface area contributed by atoms with Crippen molar-refractivity contribution in [1.29, 1.82) is 0 Å². The zero-order chi connectivity index (χ0) is 14.8. The van der Waals surface area contributed by atoms with E-state index in [1.807, 2.05) is 0 Å². The second-order valence-electron chi connectivity index (χ2n) is 5.97. The van der Waals surface area contributed by atoms with Gasteiger partial charge in [0.25, 0.3) is 0 Å². The average Bonchev–Trinajstić information content (AvgIpc) is 3.09. The molecule has 21 heavy (non-hydrogen) atoms. The number of nitrogens with one attached hydrogen (secondary N) is 1. The van der Waals surface area contributed by atoms with Crippen molar-refractivity contribution < 1.29 is 0 Å². The van der Waals surface area contributed by atoms with E-state index >= 15 is 0 Å². The van der Waals surface area contributed by atoms with E-state index < -0.39 is 0 Å². The number of benzene rings is 1. The molecule has 1 fully saturated rings. The van der Waals surface area contributed by atoms with E-state index in [0.717, 1.165) is 16.1 Å². The van der Waals surface area contributed by atoms with Crippen LogP contribution in [0.5, 0.6) is 0 Å². The molecule has 0 radical (unpaired) electrons. The number of anilines is 1. The molecule has 3 rings (SSSR count). The number of rotatable bonds is 4. The first-order valence-electron chi connectivity index (χ1n) is 7.71. The highest BCUT2D eigenvalue weighted by Gasteiger charge is 2.21. The van der Waals surface area contributed by atoms with Crippen LogP contribution in [-0.2, 0) is 0 Å². The van der Waals surface area contributed by atoms with E-state index in [4.69, 9.17) is 0 Å². The maximum absolute atomic E-state index is 4.68. The highest BCUT2D eigenvalue weighted by Crippen LogP contribution is 2.33. The van der Waals surface area contributed by atoms with Crippen LogP contribution in [0.25, 0.3) is 0 Å². The van der Waals surface area contributed by atoms with Gasteiger partial charge in [-0.15, -0.1) is 0 Å². The van der Waals surface area contributed by atoms with Crippen LogP contribution in [-0.4, -0.2) is 9.55 Å². The van der Waals surface area contributed by atoms with Crippen LogP contribution in [0, 0.1) is 6.92 Å². The largest absolute Gasteiger partial charge is 0.349 e. The van der Waals surface area contributed by atoms with Crippen molar-refractivity contribution in [2.75, 3.05) is 5.32 Å². The average molecular weight is 348 g/mol. The first kappa shape index (κ1) is 14.6. The third-order valence-corrected chi connectivity index (χ3v) is 4.82. The Morgan fingerprint density at radius 1 is 1.24 bits per heavy atom. The van der Waals surface area contributed by atoms with Crippen molar-refractivity contribution >= 4 is 21.9 Å². The van der Waals surface area contributed by atoms with Crippen molar-refractivity contribution in [2.45, 2.75) is 51.6 Å². The fourth-order valence-corrected chi connectivity index (χ4v) is 3.38. The van der Waals surface area contributed by atoms with Crippen LogP contribution in [0.2, 0.25) is 0 Å². The number of halogens is 1. The van der Waals surface area contributed by atoms with Crippen molar-refractivity contribution in [1.82, 2.24) is 9.55 Å². The molecule has 1 heterocycles. The smallest absolute Gasteiger partial charge is 0.203 e. The number of imidazole rings is 1. The van der Waals surface area contributed by atoms with Gasteiger partial charge in [-0.1, -0.05) is 40.9 Å². The molecule has 1 N–H and O–H groups in total. The molecular formula is C17H22BrN3. The van der Waals surface area contributed by atoms with Crippen LogP contribution < -0.4 is 5.32 Å². The van der Waals surface area contributed by atoms with Gasteiger partial charge in [0.2, 0.25) is 5.95 Å². The maximum Gasteiger partial charge on any atom is 0.203 e. The molecule has 0 bridgehead atoms. The normalized spacial score (nSPS) is 17.1. The Morgan fingerprint density at radius 2 is 1.90 bits per heavy atom. The van der Waals surface area contributed by atoms with Gasteiger partial charge >= 0.3 is 0 Å². The standard InChI is InChI=1S/C17H22BrN3/c1-12-11-21(16-5-3-4-6-16)17(19-12)20-13(2)14-7-9-15(18)10-8-14/h7-11,13,16H,3-6H2,1-2H3,(H,19,20). The third-order valence-electron chi connectivity index (χ3n) is 4.29. The van der Waals surface area contributed by atoms with Gasteiger partial charge in [-0.2, -0.15) is 0 Å². The van der Waals surface area contributed by atoms with Crippen LogP contribution in [0.1, 0.15) is 55.9 Å². The maximum atomic E-state index is 4.68.